The smallest absolute Gasteiger partial charge is 0.291 e. The van der Waals surface area contributed by atoms with Crippen molar-refractivity contribution in [1.29, 1.82) is 0 Å². The number of hydrogen-bond acceptors (Lipinski definition) is 6. The first-order valence-corrected chi connectivity index (χ1v) is 11.4. The van der Waals surface area contributed by atoms with Gasteiger partial charge >= 0.3 is 0 Å². The summed E-state index contributed by atoms with van der Waals surface area (Å²) in [6, 6.07) is 15.2. The van der Waals surface area contributed by atoms with E-state index in [9.17, 15) is 9.59 Å². The van der Waals surface area contributed by atoms with Crippen LogP contribution in [0, 0.1) is 0 Å². The molecule has 10 heteroatoms. The second-order valence-electron chi connectivity index (χ2n) is 8.13. The second-order valence-corrected chi connectivity index (χ2v) is 9.16. The maximum absolute atomic E-state index is 13.4. The van der Waals surface area contributed by atoms with Crippen molar-refractivity contribution in [2.45, 2.75) is 12.5 Å². The fraction of sp³-hybridized carbons (Fsp3) is 0.125. The molecular formula is C24H19N7O2S. The van der Waals surface area contributed by atoms with Crippen LogP contribution in [0.15, 0.2) is 65.7 Å². The van der Waals surface area contributed by atoms with Gasteiger partial charge in [-0.2, -0.15) is 10.2 Å². The van der Waals surface area contributed by atoms with E-state index in [-0.39, 0.29) is 5.56 Å². The number of nitrogens with one attached hydrogen (secondary N) is 1. The van der Waals surface area contributed by atoms with Crippen molar-refractivity contribution < 1.29 is 4.79 Å². The van der Waals surface area contributed by atoms with Crippen LogP contribution in [0.1, 0.15) is 22.1 Å². The number of thiazole rings is 1. The topological polar surface area (TPSA) is 124 Å². The Labute approximate surface area is 196 Å². The average molecular weight is 470 g/mol. The van der Waals surface area contributed by atoms with E-state index in [0.29, 0.717) is 28.1 Å². The van der Waals surface area contributed by atoms with Gasteiger partial charge in [-0.3, -0.25) is 14.7 Å². The van der Waals surface area contributed by atoms with Crippen LogP contribution < -0.4 is 11.3 Å². The van der Waals surface area contributed by atoms with Crippen molar-refractivity contribution in [3.63, 3.8) is 0 Å². The molecule has 0 fully saturated rings. The maximum atomic E-state index is 13.4. The molecule has 0 aliphatic heterocycles. The summed E-state index contributed by atoms with van der Waals surface area (Å²) in [7, 11) is 1.80. The summed E-state index contributed by atoms with van der Waals surface area (Å²) in [5, 5.41) is 13.7. The fourth-order valence-electron chi connectivity index (χ4n) is 4.44. The van der Waals surface area contributed by atoms with Crippen LogP contribution in [0.4, 0.5) is 0 Å². The molecule has 6 aromatic rings. The van der Waals surface area contributed by atoms with Gasteiger partial charge in [-0.15, -0.1) is 11.3 Å². The molecule has 0 aliphatic carbocycles. The zero-order chi connectivity index (χ0) is 23.4. The Kier molecular flexibility index (Phi) is 4.56. The zero-order valence-electron chi connectivity index (χ0n) is 18.1. The molecule has 0 saturated heterocycles. The third-order valence-electron chi connectivity index (χ3n) is 6.10. The third-order valence-corrected chi connectivity index (χ3v) is 7.24. The predicted molar refractivity (Wildman–Crippen MR) is 131 cm³/mol. The van der Waals surface area contributed by atoms with Gasteiger partial charge in [0.25, 0.3) is 5.56 Å². The molecule has 1 atom stereocenters. The van der Waals surface area contributed by atoms with Crippen LogP contribution in [-0.4, -0.2) is 35.4 Å². The summed E-state index contributed by atoms with van der Waals surface area (Å²) < 4.78 is 4.03. The van der Waals surface area contributed by atoms with Crippen molar-refractivity contribution in [1.82, 2.24) is 29.5 Å². The molecule has 4 aromatic heterocycles. The number of hydrogen-bond donors (Lipinski definition) is 2. The Bertz CT molecular complexity index is 1760. The monoisotopic (exact) mass is 469 g/mol. The highest BCUT2D eigenvalue weighted by atomic mass is 32.1. The molecular weight excluding hydrogens is 450 g/mol. The van der Waals surface area contributed by atoms with E-state index in [4.69, 9.17) is 10.7 Å². The van der Waals surface area contributed by atoms with E-state index in [2.05, 4.69) is 15.3 Å². The number of rotatable bonds is 5. The zero-order valence-corrected chi connectivity index (χ0v) is 18.9. The highest BCUT2D eigenvalue weighted by Gasteiger charge is 2.27. The summed E-state index contributed by atoms with van der Waals surface area (Å²) in [6.07, 6.45) is 3.44. The molecule has 9 nitrogen and oxygen atoms in total. The molecule has 0 radical (unpaired) electrons. The lowest BCUT2D eigenvalue weighted by Crippen LogP contribution is -2.24. The Morgan fingerprint density at radius 3 is 2.74 bits per heavy atom. The van der Waals surface area contributed by atoms with E-state index >= 15 is 0 Å². The Hall–Kier alpha value is -4.31. The van der Waals surface area contributed by atoms with Crippen molar-refractivity contribution in [2.24, 2.45) is 12.8 Å². The molecule has 0 saturated carbocycles. The van der Waals surface area contributed by atoms with Gasteiger partial charge in [0.05, 0.1) is 29.2 Å². The quantitative estimate of drug-likeness (QED) is 0.402. The summed E-state index contributed by atoms with van der Waals surface area (Å²) >= 11 is 1.37. The second kappa shape index (κ2) is 7.63. The number of aryl methyl sites for hydroxylation is 1. The SMILES string of the molecule is Cn1c2nc(C(C(N)=O)c3ccccc3)sc2c2cnn(Cc3cccc4[nH]ncc34)c(=O)c21. The maximum Gasteiger partial charge on any atom is 0.291 e. The summed E-state index contributed by atoms with van der Waals surface area (Å²) in [4.78, 5) is 30.4. The van der Waals surface area contributed by atoms with Crippen molar-refractivity contribution in [2.75, 3.05) is 0 Å². The number of H-pyrrole nitrogens is 1. The number of carbonyl (C=O) groups excluding carboxylic acids is 1. The van der Waals surface area contributed by atoms with Crippen LogP contribution in [0.2, 0.25) is 0 Å². The van der Waals surface area contributed by atoms with E-state index in [1.165, 1.54) is 16.0 Å². The summed E-state index contributed by atoms with van der Waals surface area (Å²) in [5.74, 6) is -1.12. The standard InChI is InChI=1S/C24H19N7O2S/c1-30-19-16(11-27-31(24(19)33)12-14-8-5-9-17-15(14)10-26-29-17)20-22(30)28-23(34-20)18(21(25)32)13-6-3-2-4-7-13/h2-11,18H,12H2,1H3,(H2,25,32)(H,26,29). The third kappa shape index (κ3) is 3.03. The largest absolute Gasteiger partial charge is 0.369 e. The van der Waals surface area contributed by atoms with Gasteiger partial charge in [0, 0.05) is 17.8 Å². The minimum atomic E-state index is -0.655. The first-order valence-electron chi connectivity index (χ1n) is 10.6. The minimum absolute atomic E-state index is 0.207. The van der Waals surface area contributed by atoms with Gasteiger partial charge in [0.1, 0.15) is 16.4 Å². The van der Waals surface area contributed by atoms with E-state index < -0.39 is 11.8 Å². The van der Waals surface area contributed by atoms with Gasteiger partial charge in [0.2, 0.25) is 5.91 Å². The van der Waals surface area contributed by atoms with Crippen LogP contribution in [0.3, 0.4) is 0 Å². The molecule has 4 heterocycles. The lowest BCUT2D eigenvalue weighted by molar-refractivity contribution is -0.118. The van der Waals surface area contributed by atoms with Crippen molar-refractivity contribution in [3.05, 3.63) is 87.4 Å². The van der Waals surface area contributed by atoms with Gasteiger partial charge in [-0.1, -0.05) is 42.5 Å². The first-order chi connectivity index (χ1) is 16.5. The molecule has 1 unspecified atom stereocenters. The van der Waals surface area contributed by atoms with E-state index in [0.717, 1.165) is 26.7 Å². The minimum Gasteiger partial charge on any atom is -0.369 e. The molecule has 0 aliphatic rings. The van der Waals surface area contributed by atoms with Gasteiger partial charge in [-0.25, -0.2) is 9.67 Å². The number of nitrogens with two attached hydrogens (primary N) is 1. The number of amides is 1. The Morgan fingerprint density at radius 1 is 1.12 bits per heavy atom. The lowest BCUT2D eigenvalue weighted by atomic mass is 9.99. The molecule has 168 valence electrons. The molecule has 34 heavy (non-hydrogen) atoms. The van der Waals surface area contributed by atoms with Gasteiger partial charge in [-0.05, 0) is 17.2 Å². The number of primary amides is 1. The van der Waals surface area contributed by atoms with Crippen LogP contribution in [-0.2, 0) is 18.4 Å². The van der Waals surface area contributed by atoms with Crippen LogP contribution in [0.25, 0.3) is 32.2 Å². The fourth-order valence-corrected chi connectivity index (χ4v) is 5.69. The molecule has 3 N–H and O–H groups in total. The van der Waals surface area contributed by atoms with Crippen molar-refractivity contribution >= 4 is 49.4 Å². The highest BCUT2D eigenvalue weighted by molar-refractivity contribution is 7.19. The Balaban J connectivity index is 1.47. The van der Waals surface area contributed by atoms with E-state index in [1.807, 2.05) is 48.5 Å². The number of aromatic nitrogens is 6. The van der Waals surface area contributed by atoms with Crippen LogP contribution in [0.5, 0.6) is 0 Å². The first kappa shape index (κ1) is 20.3. The summed E-state index contributed by atoms with van der Waals surface area (Å²) in [5.41, 5.74) is 9.32. The molecule has 0 spiro atoms. The predicted octanol–water partition coefficient (Wildman–Crippen LogP) is 2.89. The normalized spacial score (nSPS) is 12.6. The highest BCUT2D eigenvalue weighted by Crippen LogP contribution is 2.36. The van der Waals surface area contributed by atoms with Crippen LogP contribution >= 0.6 is 11.3 Å². The molecule has 0 bridgehead atoms. The number of nitrogens with zero attached hydrogens (tertiary/aromatic N) is 5. The summed E-state index contributed by atoms with van der Waals surface area (Å²) in [6.45, 7) is 0.320. The van der Waals surface area contributed by atoms with E-state index in [1.54, 1.807) is 24.0 Å². The van der Waals surface area contributed by atoms with Crippen molar-refractivity contribution in [3.8, 4) is 0 Å². The molecule has 6 rings (SSSR count). The molecule has 1 amide bonds. The number of fused-ring (bicyclic) bond motifs is 4. The molecule has 2 aromatic carbocycles. The average Bonchev–Trinajstić information content (AvgIpc) is 3.53. The lowest BCUT2D eigenvalue weighted by Gasteiger charge is -2.10. The number of aromatic amines is 1. The Morgan fingerprint density at radius 2 is 1.94 bits per heavy atom. The number of carbonyl (C=O) groups is 1. The van der Waals surface area contributed by atoms with Gasteiger partial charge < -0.3 is 10.3 Å². The van der Waals surface area contributed by atoms with Gasteiger partial charge in [0.15, 0.2) is 5.65 Å². The number of benzene rings is 2.